The fraction of sp³-hybridized carbons (Fsp3) is 0.182. The molecule has 1 heterocycles. The summed E-state index contributed by atoms with van der Waals surface area (Å²) in [7, 11) is 1.64. The Balaban J connectivity index is 2.70. The van der Waals surface area contributed by atoms with Crippen molar-refractivity contribution in [1.29, 1.82) is 0 Å². The second-order valence-electron chi connectivity index (χ2n) is 3.87. The van der Waals surface area contributed by atoms with Crippen LogP contribution in [0.15, 0.2) is 35.5 Å². The van der Waals surface area contributed by atoms with Gasteiger partial charge in [0.05, 0.1) is 11.9 Å². The Kier molecular flexibility index (Phi) is 2.97. The maximum Gasteiger partial charge on any atom is 0.263 e. The molecule has 0 saturated heterocycles. The van der Waals surface area contributed by atoms with Crippen LogP contribution < -0.4 is 0 Å². The number of rotatable bonds is 2. The van der Waals surface area contributed by atoms with Crippen LogP contribution in [0.1, 0.15) is 11.1 Å². The van der Waals surface area contributed by atoms with Gasteiger partial charge in [0.15, 0.2) is 0 Å². The summed E-state index contributed by atoms with van der Waals surface area (Å²) >= 11 is 0. The van der Waals surface area contributed by atoms with Crippen molar-refractivity contribution < 1.29 is 8.42 Å². The predicted molar refractivity (Wildman–Crippen MR) is 66.1 cm³/mol. The highest BCUT2D eigenvalue weighted by molar-refractivity contribution is 8.13. The third-order valence-corrected chi connectivity index (χ3v) is 3.69. The van der Waals surface area contributed by atoms with Gasteiger partial charge in [0.2, 0.25) is 0 Å². The smallest absolute Gasteiger partial charge is 0.239 e. The van der Waals surface area contributed by atoms with Gasteiger partial charge >= 0.3 is 0 Å². The molecule has 4 nitrogen and oxygen atoms in total. The van der Waals surface area contributed by atoms with Gasteiger partial charge in [-0.2, -0.15) is 5.10 Å². The summed E-state index contributed by atoms with van der Waals surface area (Å²) in [5.74, 6) is 0. The normalized spacial score (nSPS) is 11.7. The van der Waals surface area contributed by atoms with Crippen LogP contribution in [-0.2, 0) is 9.05 Å². The van der Waals surface area contributed by atoms with E-state index >= 15 is 0 Å². The molecular formula is C11H11ClN2O2S. The molecule has 90 valence electrons. The first-order chi connectivity index (χ1) is 7.88. The standard InChI is InChI=1S/C11H11ClN2O2S/c1-8-3-4-10(11(5-8)17(12,15)16)14-7-9(2)6-13-14/h3-7H,1-2H3. The second kappa shape index (κ2) is 4.16. The van der Waals surface area contributed by atoms with E-state index in [-0.39, 0.29) is 4.90 Å². The van der Waals surface area contributed by atoms with Crippen molar-refractivity contribution in [1.82, 2.24) is 9.78 Å². The molecule has 0 aliphatic heterocycles. The molecule has 2 rings (SSSR count). The summed E-state index contributed by atoms with van der Waals surface area (Å²) in [6, 6.07) is 5.05. The summed E-state index contributed by atoms with van der Waals surface area (Å²) < 4.78 is 24.5. The lowest BCUT2D eigenvalue weighted by atomic mass is 10.2. The molecule has 0 unspecified atom stereocenters. The molecular weight excluding hydrogens is 260 g/mol. The first kappa shape index (κ1) is 12.1. The van der Waals surface area contributed by atoms with Crippen LogP contribution in [0, 0.1) is 13.8 Å². The molecule has 2 aromatic rings. The summed E-state index contributed by atoms with van der Waals surface area (Å²) in [5, 5.41) is 4.08. The second-order valence-corrected chi connectivity index (χ2v) is 6.41. The Labute approximate surface area is 104 Å². The van der Waals surface area contributed by atoms with E-state index in [0.717, 1.165) is 11.1 Å². The van der Waals surface area contributed by atoms with Crippen molar-refractivity contribution in [3.8, 4) is 5.69 Å². The minimum Gasteiger partial charge on any atom is -0.239 e. The third kappa shape index (κ3) is 2.50. The topological polar surface area (TPSA) is 52.0 Å². The quantitative estimate of drug-likeness (QED) is 0.788. The average molecular weight is 271 g/mol. The summed E-state index contributed by atoms with van der Waals surface area (Å²) in [6.07, 6.45) is 3.40. The molecule has 0 N–H and O–H groups in total. The predicted octanol–water partition coefficient (Wildman–Crippen LogP) is 2.42. The van der Waals surface area contributed by atoms with Gasteiger partial charge in [0.1, 0.15) is 4.90 Å². The Morgan fingerprint density at radius 1 is 1.24 bits per heavy atom. The zero-order valence-corrected chi connectivity index (χ0v) is 11.0. The van der Waals surface area contributed by atoms with Crippen LogP contribution in [0.4, 0.5) is 0 Å². The van der Waals surface area contributed by atoms with Gasteiger partial charge in [-0.3, -0.25) is 0 Å². The van der Waals surface area contributed by atoms with E-state index in [2.05, 4.69) is 5.10 Å². The van der Waals surface area contributed by atoms with Gasteiger partial charge in [-0.25, -0.2) is 13.1 Å². The van der Waals surface area contributed by atoms with Crippen molar-refractivity contribution in [3.63, 3.8) is 0 Å². The van der Waals surface area contributed by atoms with Crippen molar-refractivity contribution in [2.24, 2.45) is 0 Å². The zero-order chi connectivity index (χ0) is 12.6. The van der Waals surface area contributed by atoms with Crippen LogP contribution in [0.3, 0.4) is 0 Å². The lowest BCUT2D eigenvalue weighted by molar-refractivity contribution is 0.608. The van der Waals surface area contributed by atoms with E-state index in [4.69, 9.17) is 10.7 Å². The van der Waals surface area contributed by atoms with Gasteiger partial charge in [0.25, 0.3) is 9.05 Å². The summed E-state index contributed by atoms with van der Waals surface area (Å²) in [4.78, 5) is 0.0715. The highest BCUT2D eigenvalue weighted by atomic mass is 35.7. The third-order valence-electron chi connectivity index (χ3n) is 2.34. The largest absolute Gasteiger partial charge is 0.263 e. The Hall–Kier alpha value is -1.33. The number of benzene rings is 1. The number of hydrogen-bond donors (Lipinski definition) is 0. The van der Waals surface area contributed by atoms with Crippen molar-refractivity contribution in [2.75, 3.05) is 0 Å². The van der Waals surface area contributed by atoms with Crippen LogP contribution in [0.25, 0.3) is 5.69 Å². The van der Waals surface area contributed by atoms with Crippen LogP contribution in [0.2, 0.25) is 0 Å². The van der Waals surface area contributed by atoms with Gasteiger partial charge in [-0.1, -0.05) is 6.07 Å². The molecule has 6 heteroatoms. The van der Waals surface area contributed by atoms with Crippen molar-refractivity contribution in [2.45, 2.75) is 18.7 Å². The number of hydrogen-bond acceptors (Lipinski definition) is 3. The van der Waals surface area contributed by atoms with Crippen molar-refractivity contribution in [3.05, 3.63) is 41.7 Å². The Morgan fingerprint density at radius 2 is 1.94 bits per heavy atom. The van der Waals surface area contributed by atoms with Gasteiger partial charge in [-0.05, 0) is 37.1 Å². The molecule has 1 aromatic carbocycles. The minimum absolute atomic E-state index is 0.0715. The van der Waals surface area contributed by atoms with Gasteiger partial charge in [-0.15, -0.1) is 0 Å². The number of aryl methyl sites for hydroxylation is 2. The summed E-state index contributed by atoms with van der Waals surface area (Å²) in [5.41, 5.74) is 2.24. The average Bonchev–Trinajstić information content (AvgIpc) is 2.63. The summed E-state index contributed by atoms with van der Waals surface area (Å²) in [6.45, 7) is 3.69. The molecule has 0 aliphatic carbocycles. The minimum atomic E-state index is -3.78. The van der Waals surface area contributed by atoms with Crippen molar-refractivity contribution >= 4 is 19.7 Å². The lowest BCUT2D eigenvalue weighted by Gasteiger charge is -2.07. The van der Waals surface area contributed by atoms with E-state index in [9.17, 15) is 8.42 Å². The van der Waals surface area contributed by atoms with E-state index < -0.39 is 9.05 Å². The molecule has 0 bridgehead atoms. The highest BCUT2D eigenvalue weighted by Gasteiger charge is 2.17. The fourth-order valence-corrected chi connectivity index (χ4v) is 2.66. The number of nitrogens with zero attached hydrogens (tertiary/aromatic N) is 2. The van der Waals surface area contributed by atoms with Gasteiger partial charge < -0.3 is 0 Å². The van der Waals surface area contributed by atoms with Gasteiger partial charge in [0, 0.05) is 16.9 Å². The van der Waals surface area contributed by atoms with E-state index in [1.54, 1.807) is 18.5 Å². The highest BCUT2D eigenvalue weighted by Crippen LogP contribution is 2.24. The monoisotopic (exact) mass is 270 g/mol. The SMILES string of the molecule is Cc1ccc(-n2cc(C)cn2)c(S(=O)(=O)Cl)c1. The molecule has 0 amide bonds. The van der Waals surface area contributed by atoms with E-state index in [1.807, 2.05) is 19.9 Å². The van der Waals surface area contributed by atoms with E-state index in [1.165, 1.54) is 10.7 Å². The fourth-order valence-electron chi connectivity index (χ4n) is 1.55. The molecule has 0 atom stereocenters. The first-order valence-electron chi connectivity index (χ1n) is 4.95. The molecule has 0 saturated carbocycles. The van der Waals surface area contributed by atoms with Crippen LogP contribution in [-0.4, -0.2) is 18.2 Å². The maximum absolute atomic E-state index is 11.5. The lowest BCUT2D eigenvalue weighted by Crippen LogP contribution is -2.03. The zero-order valence-electron chi connectivity index (χ0n) is 9.38. The van der Waals surface area contributed by atoms with Crippen LogP contribution in [0.5, 0.6) is 0 Å². The molecule has 0 aliphatic rings. The van der Waals surface area contributed by atoms with Crippen LogP contribution >= 0.6 is 10.7 Å². The Bertz CT molecular complexity index is 662. The molecule has 0 radical (unpaired) electrons. The Morgan fingerprint density at radius 3 is 2.47 bits per heavy atom. The maximum atomic E-state index is 11.5. The number of aromatic nitrogens is 2. The molecule has 17 heavy (non-hydrogen) atoms. The van der Waals surface area contributed by atoms with E-state index in [0.29, 0.717) is 5.69 Å². The molecule has 1 aromatic heterocycles. The molecule has 0 fully saturated rings. The first-order valence-corrected chi connectivity index (χ1v) is 7.26. The molecule has 0 spiro atoms. The number of halogens is 1.